The van der Waals surface area contributed by atoms with Gasteiger partial charge in [-0.25, -0.2) is 0 Å². The number of dihydropyridines is 1. The largest absolute Gasteiger partial charge is 0.384 e. The summed E-state index contributed by atoms with van der Waals surface area (Å²) in [7, 11) is 1.63. The molecule has 0 aromatic carbocycles. The highest BCUT2D eigenvalue weighted by Gasteiger charge is 2.14. The van der Waals surface area contributed by atoms with Crippen LogP contribution in [-0.4, -0.2) is 19.0 Å². The maximum atomic E-state index is 11.1. The first-order valence-electron chi connectivity index (χ1n) is 3.60. The summed E-state index contributed by atoms with van der Waals surface area (Å²) in [5.74, 6) is -0.0191. The van der Waals surface area contributed by atoms with Crippen molar-refractivity contribution in [2.75, 3.05) is 7.05 Å². The van der Waals surface area contributed by atoms with Gasteiger partial charge in [0.05, 0.1) is 6.04 Å². The number of hydrogen-bond acceptors (Lipinski definition) is 2. The van der Waals surface area contributed by atoms with E-state index in [9.17, 15) is 4.79 Å². The topological polar surface area (TPSA) is 41.1 Å². The molecule has 1 aliphatic rings. The Hall–Kier alpha value is -1.25. The highest BCUT2D eigenvalue weighted by atomic mass is 16.1. The summed E-state index contributed by atoms with van der Waals surface area (Å²) in [5.41, 5.74) is 0.773. The average molecular weight is 152 g/mol. The number of likely N-dealkylation sites (N-methyl/N-ethyl adjacent to an activating group) is 1. The lowest BCUT2D eigenvalue weighted by Crippen LogP contribution is -2.34. The van der Waals surface area contributed by atoms with E-state index in [1.54, 1.807) is 7.05 Å². The van der Waals surface area contributed by atoms with Crippen LogP contribution in [0.5, 0.6) is 0 Å². The van der Waals surface area contributed by atoms with Gasteiger partial charge in [-0.1, -0.05) is 6.08 Å². The molecule has 11 heavy (non-hydrogen) atoms. The highest BCUT2D eigenvalue weighted by Crippen LogP contribution is 2.05. The first-order chi connectivity index (χ1) is 5.25. The predicted octanol–water partition coefficient (Wildman–Crippen LogP) is 0.164. The van der Waals surface area contributed by atoms with E-state index in [0.717, 1.165) is 5.57 Å². The molecule has 1 aliphatic heterocycles. The second kappa shape index (κ2) is 3.23. The Kier molecular flexibility index (Phi) is 2.31. The zero-order valence-corrected chi connectivity index (χ0v) is 6.72. The number of carbonyl (C=O) groups excluding carboxylic acids is 1. The molecule has 0 aromatic rings. The minimum atomic E-state index is -0.0191. The minimum Gasteiger partial charge on any atom is -0.384 e. The van der Waals surface area contributed by atoms with Gasteiger partial charge in [0.1, 0.15) is 0 Å². The number of allylic oxidation sites excluding steroid dienone is 2. The van der Waals surface area contributed by atoms with Crippen LogP contribution in [0.1, 0.15) is 6.92 Å². The molecule has 0 aromatic heterocycles. The fraction of sp³-hybridized carbons (Fsp3) is 0.375. The van der Waals surface area contributed by atoms with Crippen LogP contribution in [0.4, 0.5) is 0 Å². The third-order valence-corrected chi connectivity index (χ3v) is 1.67. The van der Waals surface area contributed by atoms with Crippen LogP contribution in [0.2, 0.25) is 0 Å². The monoisotopic (exact) mass is 152 g/mol. The summed E-state index contributed by atoms with van der Waals surface area (Å²) >= 11 is 0. The van der Waals surface area contributed by atoms with Crippen molar-refractivity contribution in [2.45, 2.75) is 13.0 Å². The third-order valence-electron chi connectivity index (χ3n) is 1.67. The van der Waals surface area contributed by atoms with Gasteiger partial charge in [-0.15, -0.1) is 0 Å². The van der Waals surface area contributed by atoms with Crippen molar-refractivity contribution >= 4 is 5.91 Å². The van der Waals surface area contributed by atoms with E-state index in [4.69, 9.17) is 0 Å². The van der Waals surface area contributed by atoms with Crippen molar-refractivity contribution in [1.82, 2.24) is 10.6 Å². The van der Waals surface area contributed by atoms with Gasteiger partial charge in [-0.05, 0) is 19.2 Å². The lowest BCUT2D eigenvalue weighted by atomic mass is 10.1. The quantitative estimate of drug-likeness (QED) is 0.562. The van der Waals surface area contributed by atoms with Gasteiger partial charge in [0.2, 0.25) is 5.91 Å². The molecule has 0 spiro atoms. The smallest absolute Gasteiger partial charge is 0.249 e. The number of nitrogens with one attached hydrogen (secondary N) is 2. The predicted molar refractivity (Wildman–Crippen MR) is 43.9 cm³/mol. The van der Waals surface area contributed by atoms with Crippen molar-refractivity contribution in [1.29, 1.82) is 0 Å². The second-order valence-corrected chi connectivity index (χ2v) is 2.45. The molecule has 1 unspecified atom stereocenters. The van der Waals surface area contributed by atoms with E-state index >= 15 is 0 Å². The summed E-state index contributed by atoms with van der Waals surface area (Å²) in [6.45, 7) is 1.95. The Balaban J connectivity index is 2.75. The lowest BCUT2D eigenvalue weighted by Gasteiger charge is -2.17. The maximum Gasteiger partial charge on any atom is 0.249 e. The SMILES string of the molecule is CNC(=O)C1=CC=CNC1C. The van der Waals surface area contributed by atoms with Gasteiger partial charge in [0, 0.05) is 12.6 Å². The lowest BCUT2D eigenvalue weighted by molar-refractivity contribution is -0.117. The van der Waals surface area contributed by atoms with Gasteiger partial charge >= 0.3 is 0 Å². The van der Waals surface area contributed by atoms with E-state index in [1.807, 2.05) is 25.3 Å². The molecule has 60 valence electrons. The van der Waals surface area contributed by atoms with Crippen molar-refractivity contribution in [3.05, 3.63) is 23.9 Å². The van der Waals surface area contributed by atoms with E-state index in [-0.39, 0.29) is 11.9 Å². The molecule has 3 nitrogen and oxygen atoms in total. The molecule has 1 heterocycles. The number of amides is 1. The fourth-order valence-electron chi connectivity index (χ4n) is 1.00. The first kappa shape index (κ1) is 7.85. The zero-order valence-electron chi connectivity index (χ0n) is 6.72. The van der Waals surface area contributed by atoms with Gasteiger partial charge in [-0.3, -0.25) is 4.79 Å². The van der Waals surface area contributed by atoms with Gasteiger partial charge in [-0.2, -0.15) is 0 Å². The summed E-state index contributed by atoms with van der Waals surface area (Å²) in [6, 6.07) is 0.111. The Morgan fingerprint density at radius 1 is 1.73 bits per heavy atom. The molecule has 0 saturated carbocycles. The van der Waals surface area contributed by atoms with Crippen LogP contribution < -0.4 is 10.6 Å². The summed E-state index contributed by atoms with van der Waals surface area (Å²) in [5, 5.41) is 5.62. The first-order valence-corrected chi connectivity index (χ1v) is 3.60. The minimum absolute atomic E-state index is 0.0191. The van der Waals surface area contributed by atoms with Crippen LogP contribution in [0, 0.1) is 0 Å². The normalized spacial score (nSPS) is 22.0. The van der Waals surface area contributed by atoms with Crippen LogP contribution in [0.3, 0.4) is 0 Å². The molecule has 0 fully saturated rings. The molecule has 1 rings (SSSR count). The van der Waals surface area contributed by atoms with Crippen LogP contribution in [-0.2, 0) is 4.79 Å². The number of rotatable bonds is 1. The van der Waals surface area contributed by atoms with Gasteiger partial charge < -0.3 is 10.6 Å². The zero-order chi connectivity index (χ0) is 8.27. The highest BCUT2D eigenvalue weighted by molar-refractivity contribution is 5.94. The van der Waals surface area contributed by atoms with E-state index < -0.39 is 0 Å². The second-order valence-electron chi connectivity index (χ2n) is 2.45. The maximum absolute atomic E-state index is 11.1. The summed E-state index contributed by atoms with van der Waals surface area (Å²) in [4.78, 5) is 11.1. The van der Waals surface area contributed by atoms with Crippen molar-refractivity contribution < 1.29 is 4.79 Å². The Labute approximate surface area is 66.2 Å². The standard InChI is InChI=1S/C8H12N2O/c1-6-7(8(11)9-2)4-3-5-10-6/h3-6,10H,1-2H3,(H,9,11). The van der Waals surface area contributed by atoms with E-state index in [1.165, 1.54) is 0 Å². The molecule has 0 saturated heterocycles. The van der Waals surface area contributed by atoms with Gasteiger partial charge in [0.25, 0.3) is 0 Å². The van der Waals surface area contributed by atoms with Crippen LogP contribution in [0.15, 0.2) is 23.9 Å². The van der Waals surface area contributed by atoms with Crippen LogP contribution in [0.25, 0.3) is 0 Å². The molecule has 0 bridgehead atoms. The van der Waals surface area contributed by atoms with Crippen molar-refractivity contribution in [3.63, 3.8) is 0 Å². The molecular formula is C8H12N2O. The molecule has 3 heteroatoms. The molecule has 2 N–H and O–H groups in total. The Morgan fingerprint density at radius 2 is 2.45 bits per heavy atom. The fourth-order valence-corrected chi connectivity index (χ4v) is 1.00. The van der Waals surface area contributed by atoms with E-state index in [0.29, 0.717) is 0 Å². The summed E-state index contributed by atoms with van der Waals surface area (Å²) in [6.07, 6.45) is 5.47. The number of hydrogen-bond donors (Lipinski definition) is 2. The Bertz CT molecular complexity index is 218. The summed E-state index contributed by atoms with van der Waals surface area (Å²) < 4.78 is 0. The Morgan fingerprint density at radius 3 is 3.00 bits per heavy atom. The molecule has 1 atom stereocenters. The van der Waals surface area contributed by atoms with E-state index in [2.05, 4.69) is 10.6 Å². The average Bonchev–Trinajstić information content (AvgIpc) is 2.04. The van der Waals surface area contributed by atoms with Crippen molar-refractivity contribution in [2.24, 2.45) is 0 Å². The van der Waals surface area contributed by atoms with Crippen LogP contribution >= 0.6 is 0 Å². The van der Waals surface area contributed by atoms with Gasteiger partial charge in [0.15, 0.2) is 0 Å². The molecular weight excluding hydrogens is 140 g/mol. The third kappa shape index (κ3) is 1.61. The molecule has 1 amide bonds. The number of carbonyl (C=O) groups is 1. The van der Waals surface area contributed by atoms with Crippen molar-refractivity contribution in [3.8, 4) is 0 Å². The molecule has 0 aliphatic carbocycles. The molecule has 0 radical (unpaired) electrons.